The standard InChI is InChI=1S/C23H29N3O6S/c1-12-19-18(13(2)28)22(29)26(19)20(23(30)31)21(12)33-17-8-15(11-27)25(10-17)24-9-14-4-6-16(32-3)7-5-14/h4-7,11-13,15,17-19,24,28H,8-10H2,1-3H3,(H,30,31)/t12-,13-,15+,17+,18-,19-/m1/s1. The Morgan fingerprint density at radius 2 is 2.06 bits per heavy atom. The topological polar surface area (TPSA) is 119 Å². The summed E-state index contributed by atoms with van der Waals surface area (Å²) in [4.78, 5) is 38.2. The van der Waals surface area contributed by atoms with Gasteiger partial charge in [0.15, 0.2) is 0 Å². The molecule has 1 aromatic rings. The van der Waals surface area contributed by atoms with Gasteiger partial charge in [-0.3, -0.25) is 10.2 Å². The molecule has 0 saturated carbocycles. The molecular weight excluding hydrogens is 446 g/mol. The molecular formula is C23H29N3O6S. The van der Waals surface area contributed by atoms with Crippen LogP contribution in [0.15, 0.2) is 34.9 Å². The number of carbonyl (C=O) groups is 3. The zero-order chi connectivity index (χ0) is 23.9. The summed E-state index contributed by atoms with van der Waals surface area (Å²) in [5.74, 6) is -1.47. The van der Waals surface area contributed by atoms with E-state index in [-0.39, 0.29) is 34.9 Å². The highest BCUT2D eigenvalue weighted by Gasteiger charge is 2.60. The Hall–Kier alpha value is -2.40. The highest BCUT2D eigenvalue weighted by Crippen LogP contribution is 2.52. The zero-order valence-corrected chi connectivity index (χ0v) is 19.6. The Bertz CT molecular complexity index is 965. The number of methoxy groups -OCH3 is 1. The maximum absolute atomic E-state index is 12.5. The molecule has 4 rings (SSSR count). The highest BCUT2D eigenvalue weighted by molar-refractivity contribution is 8.03. The molecule has 178 valence electrons. The van der Waals surface area contributed by atoms with Crippen LogP contribution in [0.1, 0.15) is 25.8 Å². The summed E-state index contributed by atoms with van der Waals surface area (Å²) in [6, 6.07) is 7.00. The van der Waals surface area contributed by atoms with Gasteiger partial charge in [0.1, 0.15) is 17.7 Å². The third kappa shape index (κ3) is 4.28. The Morgan fingerprint density at radius 1 is 1.36 bits per heavy atom. The van der Waals surface area contributed by atoms with Crippen LogP contribution in [-0.4, -0.2) is 75.4 Å². The molecule has 33 heavy (non-hydrogen) atoms. The molecule has 9 nitrogen and oxygen atoms in total. The lowest BCUT2D eigenvalue weighted by molar-refractivity contribution is -0.163. The number of fused-ring (bicyclic) bond motifs is 1. The molecule has 6 atom stereocenters. The van der Waals surface area contributed by atoms with Crippen LogP contribution in [0.5, 0.6) is 5.75 Å². The molecule has 0 aliphatic carbocycles. The van der Waals surface area contributed by atoms with Gasteiger partial charge < -0.3 is 24.6 Å². The predicted octanol–water partition coefficient (Wildman–Crippen LogP) is 1.23. The van der Waals surface area contributed by atoms with Crippen LogP contribution < -0.4 is 10.2 Å². The first-order chi connectivity index (χ1) is 15.8. The number of aliphatic hydroxyl groups excluding tert-OH is 1. The number of hydrogen-bond donors (Lipinski definition) is 3. The molecule has 3 aliphatic heterocycles. The van der Waals surface area contributed by atoms with E-state index in [1.54, 1.807) is 14.0 Å². The molecule has 10 heteroatoms. The van der Waals surface area contributed by atoms with Crippen molar-refractivity contribution in [1.29, 1.82) is 0 Å². The van der Waals surface area contributed by atoms with Crippen molar-refractivity contribution in [3.8, 4) is 5.75 Å². The second-order valence-electron chi connectivity index (χ2n) is 8.79. The molecule has 0 spiro atoms. The van der Waals surface area contributed by atoms with Crippen LogP contribution in [0.25, 0.3) is 0 Å². The van der Waals surface area contributed by atoms with E-state index in [0.29, 0.717) is 24.4 Å². The lowest BCUT2D eigenvalue weighted by atomic mass is 9.79. The molecule has 2 saturated heterocycles. The zero-order valence-electron chi connectivity index (χ0n) is 18.8. The Kier molecular flexibility index (Phi) is 6.81. The van der Waals surface area contributed by atoms with Gasteiger partial charge in [-0.05, 0) is 31.0 Å². The van der Waals surface area contributed by atoms with Crippen molar-refractivity contribution >= 4 is 29.9 Å². The lowest BCUT2D eigenvalue weighted by Crippen LogP contribution is -2.63. The van der Waals surface area contributed by atoms with Crippen molar-refractivity contribution in [2.75, 3.05) is 13.7 Å². The van der Waals surface area contributed by atoms with Crippen molar-refractivity contribution in [2.24, 2.45) is 11.8 Å². The van der Waals surface area contributed by atoms with Crippen LogP contribution >= 0.6 is 11.8 Å². The number of amides is 1. The number of carboxylic acids is 1. The monoisotopic (exact) mass is 475 g/mol. The third-order valence-electron chi connectivity index (χ3n) is 6.71. The van der Waals surface area contributed by atoms with Gasteiger partial charge in [0.05, 0.1) is 31.2 Å². The van der Waals surface area contributed by atoms with E-state index in [2.05, 4.69) is 5.43 Å². The summed E-state index contributed by atoms with van der Waals surface area (Å²) < 4.78 is 5.17. The van der Waals surface area contributed by atoms with Gasteiger partial charge in [0.2, 0.25) is 5.91 Å². The van der Waals surface area contributed by atoms with E-state index in [1.807, 2.05) is 36.2 Å². The van der Waals surface area contributed by atoms with E-state index < -0.39 is 18.0 Å². The fourth-order valence-corrected chi connectivity index (χ4v) is 6.56. The minimum Gasteiger partial charge on any atom is -0.497 e. The smallest absolute Gasteiger partial charge is 0.353 e. The summed E-state index contributed by atoms with van der Waals surface area (Å²) >= 11 is 1.44. The number of hydrogen-bond acceptors (Lipinski definition) is 8. The first-order valence-corrected chi connectivity index (χ1v) is 11.9. The van der Waals surface area contributed by atoms with Crippen molar-refractivity contribution in [3.63, 3.8) is 0 Å². The maximum Gasteiger partial charge on any atom is 0.353 e. The average Bonchev–Trinajstić information content (AvgIpc) is 3.29. The number of ether oxygens (including phenoxy) is 1. The summed E-state index contributed by atoms with van der Waals surface area (Å²) in [5.41, 5.74) is 4.38. The van der Waals surface area contributed by atoms with Gasteiger partial charge in [-0.1, -0.05) is 19.1 Å². The minimum absolute atomic E-state index is 0.00540. The molecule has 0 bridgehead atoms. The molecule has 0 radical (unpaired) electrons. The number of carbonyl (C=O) groups excluding carboxylic acids is 2. The van der Waals surface area contributed by atoms with E-state index in [0.717, 1.165) is 17.6 Å². The summed E-state index contributed by atoms with van der Waals surface area (Å²) in [5, 5.41) is 21.7. The van der Waals surface area contributed by atoms with Gasteiger partial charge in [-0.15, -0.1) is 11.8 Å². The number of nitrogens with zero attached hydrogens (tertiary/aromatic N) is 2. The summed E-state index contributed by atoms with van der Waals surface area (Å²) in [6.07, 6.45) is 0.654. The SMILES string of the molecule is COc1ccc(CNN2C[C@@H](SC3=C(C(=O)O)N4C(=O)[C@H]([C@@H](C)O)[C@H]4[C@H]3C)C[C@H]2C=O)cc1. The van der Waals surface area contributed by atoms with Gasteiger partial charge in [0, 0.05) is 29.2 Å². The Morgan fingerprint density at radius 3 is 2.64 bits per heavy atom. The van der Waals surface area contributed by atoms with Crippen LogP contribution in [0, 0.1) is 11.8 Å². The largest absolute Gasteiger partial charge is 0.497 e. The van der Waals surface area contributed by atoms with Crippen molar-refractivity contribution in [1.82, 2.24) is 15.3 Å². The second-order valence-corrected chi connectivity index (χ2v) is 10.1. The van der Waals surface area contributed by atoms with Gasteiger partial charge >= 0.3 is 5.97 Å². The number of carboxylic acid groups (broad SMARTS) is 1. The van der Waals surface area contributed by atoms with Crippen molar-refractivity contribution < 1.29 is 29.3 Å². The second kappa shape index (κ2) is 9.46. The Labute approximate surface area is 196 Å². The van der Waals surface area contributed by atoms with E-state index in [1.165, 1.54) is 16.7 Å². The molecule has 0 unspecified atom stereocenters. The normalized spacial score (nSPS) is 30.2. The van der Waals surface area contributed by atoms with Crippen LogP contribution in [0.2, 0.25) is 0 Å². The number of aliphatic carboxylic acids is 1. The maximum atomic E-state index is 12.5. The van der Waals surface area contributed by atoms with Crippen LogP contribution in [0.4, 0.5) is 0 Å². The highest BCUT2D eigenvalue weighted by atomic mass is 32.2. The number of thioether (sulfide) groups is 1. The first kappa shape index (κ1) is 23.7. The number of aliphatic hydroxyl groups is 1. The van der Waals surface area contributed by atoms with Gasteiger partial charge in [-0.2, -0.15) is 0 Å². The quantitative estimate of drug-likeness (QED) is 0.358. The molecule has 3 heterocycles. The Balaban J connectivity index is 1.44. The molecule has 2 fully saturated rings. The van der Waals surface area contributed by atoms with E-state index >= 15 is 0 Å². The van der Waals surface area contributed by atoms with E-state index in [4.69, 9.17) is 4.74 Å². The minimum atomic E-state index is -1.14. The lowest BCUT2D eigenvalue weighted by Gasteiger charge is -2.46. The first-order valence-electron chi connectivity index (χ1n) is 11.0. The fourth-order valence-electron chi connectivity index (χ4n) is 5.02. The van der Waals surface area contributed by atoms with Gasteiger partial charge in [-0.25, -0.2) is 9.80 Å². The predicted molar refractivity (Wildman–Crippen MR) is 122 cm³/mol. The average molecular weight is 476 g/mol. The number of benzene rings is 1. The molecule has 1 aromatic carbocycles. The van der Waals surface area contributed by atoms with E-state index in [9.17, 15) is 24.6 Å². The number of rotatable bonds is 9. The van der Waals surface area contributed by atoms with Gasteiger partial charge in [0.25, 0.3) is 0 Å². The molecule has 3 aliphatic rings. The molecule has 3 N–H and O–H groups in total. The van der Waals surface area contributed by atoms with Crippen molar-refractivity contribution in [3.05, 3.63) is 40.4 Å². The number of hydrazine groups is 1. The van der Waals surface area contributed by atoms with Crippen LogP contribution in [0.3, 0.4) is 0 Å². The van der Waals surface area contributed by atoms with Crippen LogP contribution in [-0.2, 0) is 20.9 Å². The fraction of sp³-hybridized carbons (Fsp3) is 0.522. The number of aldehydes is 1. The summed E-state index contributed by atoms with van der Waals surface area (Å²) in [7, 11) is 1.61. The number of nitrogens with one attached hydrogen (secondary N) is 1. The molecule has 1 amide bonds. The third-order valence-corrected chi connectivity index (χ3v) is 8.21. The van der Waals surface area contributed by atoms with Crippen molar-refractivity contribution in [2.45, 2.75) is 50.3 Å². The number of β-lactam (4-membered cyclic amide) rings is 1. The summed E-state index contributed by atoms with van der Waals surface area (Å²) in [6.45, 7) is 4.58. The molecule has 0 aromatic heterocycles.